The van der Waals surface area contributed by atoms with Crippen molar-refractivity contribution in [1.82, 2.24) is 5.32 Å². The quantitative estimate of drug-likeness (QED) is 0.523. The van der Waals surface area contributed by atoms with Gasteiger partial charge in [-0.05, 0) is 12.3 Å². The van der Waals surface area contributed by atoms with Crippen LogP contribution >= 0.6 is 0 Å². The summed E-state index contributed by atoms with van der Waals surface area (Å²) in [6, 6.07) is 0. The number of nitrogens with one attached hydrogen (secondary N) is 1. The van der Waals surface area contributed by atoms with E-state index in [0.29, 0.717) is 11.8 Å². The smallest absolute Gasteiger partial charge is 0.223 e. The third-order valence-corrected chi connectivity index (χ3v) is 1.69. The second kappa shape index (κ2) is 1.77. The number of rotatable bonds is 1. The van der Waals surface area contributed by atoms with E-state index in [1.54, 1.807) is 7.05 Å². The Bertz CT molecular complexity index is 111. The van der Waals surface area contributed by atoms with Crippen LogP contribution in [0.25, 0.3) is 0 Å². The minimum Gasteiger partial charge on any atom is -0.359 e. The van der Waals surface area contributed by atoms with Crippen LogP contribution in [0.1, 0.15) is 13.3 Å². The van der Waals surface area contributed by atoms with Gasteiger partial charge in [-0.15, -0.1) is 0 Å². The van der Waals surface area contributed by atoms with Crippen LogP contribution in [0, 0.1) is 11.8 Å². The van der Waals surface area contributed by atoms with E-state index in [0.717, 1.165) is 6.42 Å². The van der Waals surface area contributed by atoms with Crippen molar-refractivity contribution in [2.45, 2.75) is 13.3 Å². The summed E-state index contributed by atoms with van der Waals surface area (Å²) in [5, 5.41) is 2.62. The average molecular weight is 113 g/mol. The molecule has 1 fully saturated rings. The Kier molecular flexibility index (Phi) is 1.24. The van der Waals surface area contributed by atoms with Crippen molar-refractivity contribution >= 4 is 5.91 Å². The van der Waals surface area contributed by atoms with Crippen molar-refractivity contribution in [3.05, 3.63) is 0 Å². The van der Waals surface area contributed by atoms with E-state index >= 15 is 0 Å². The van der Waals surface area contributed by atoms with E-state index in [-0.39, 0.29) is 5.91 Å². The molecule has 0 spiro atoms. The Morgan fingerprint density at radius 1 is 1.75 bits per heavy atom. The standard InChI is InChI=1S/C6H11NO/c1-4-3-5(4)6(8)7-2/h4-5H,3H2,1-2H3,(H,7,8)/t4-,5?/m0/s1. The van der Waals surface area contributed by atoms with Crippen LogP contribution in [0.5, 0.6) is 0 Å². The van der Waals surface area contributed by atoms with Crippen LogP contribution in [0.4, 0.5) is 0 Å². The maximum absolute atomic E-state index is 10.7. The molecule has 0 aromatic rings. The normalized spacial score (nSPS) is 34.2. The summed E-state index contributed by atoms with van der Waals surface area (Å²) in [5.41, 5.74) is 0. The molecule has 0 aliphatic heterocycles. The molecule has 1 aliphatic carbocycles. The van der Waals surface area contributed by atoms with Crippen LogP contribution in [0.3, 0.4) is 0 Å². The predicted octanol–water partition coefficient (Wildman–Crippen LogP) is 0.388. The van der Waals surface area contributed by atoms with Crippen molar-refractivity contribution in [2.24, 2.45) is 11.8 Å². The van der Waals surface area contributed by atoms with Gasteiger partial charge in [-0.1, -0.05) is 6.92 Å². The molecule has 8 heavy (non-hydrogen) atoms. The van der Waals surface area contributed by atoms with Crippen LogP contribution < -0.4 is 5.32 Å². The van der Waals surface area contributed by atoms with Gasteiger partial charge in [0.15, 0.2) is 0 Å². The highest BCUT2D eigenvalue weighted by Crippen LogP contribution is 2.37. The van der Waals surface area contributed by atoms with Gasteiger partial charge in [0.25, 0.3) is 0 Å². The Morgan fingerprint density at radius 2 is 2.25 bits per heavy atom. The van der Waals surface area contributed by atoms with Crippen LogP contribution in [-0.4, -0.2) is 13.0 Å². The molecule has 46 valence electrons. The molecule has 2 heteroatoms. The number of amides is 1. The lowest BCUT2D eigenvalue weighted by Crippen LogP contribution is -2.19. The molecule has 0 aromatic heterocycles. The number of carbonyl (C=O) groups excluding carboxylic acids is 1. The average Bonchev–Trinajstić information content (AvgIpc) is 2.45. The van der Waals surface area contributed by atoms with Gasteiger partial charge in [0.05, 0.1) is 0 Å². The van der Waals surface area contributed by atoms with Gasteiger partial charge >= 0.3 is 0 Å². The summed E-state index contributed by atoms with van der Waals surface area (Å²) in [6.45, 7) is 2.10. The van der Waals surface area contributed by atoms with Gasteiger partial charge in [0.2, 0.25) is 5.91 Å². The molecule has 1 rings (SSSR count). The third kappa shape index (κ3) is 0.831. The lowest BCUT2D eigenvalue weighted by Gasteiger charge is -1.91. The molecular formula is C6H11NO. The van der Waals surface area contributed by atoms with Crippen LogP contribution in [0.15, 0.2) is 0 Å². The summed E-state index contributed by atoms with van der Waals surface area (Å²) in [6.07, 6.45) is 1.08. The van der Waals surface area contributed by atoms with Gasteiger partial charge in [0.1, 0.15) is 0 Å². The summed E-state index contributed by atoms with van der Waals surface area (Å²) in [7, 11) is 1.69. The van der Waals surface area contributed by atoms with Crippen molar-refractivity contribution in [1.29, 1.82) is 0 Å². The Morgan fingerprint density at radius 3 is 2.38 bits per heavy atom. The van der Waals surface area contributed by atoms with E-state index in [1.165, 1.54) is 0 Å². The maximum Gasteiger partial charge on any atom is 0.223 e. The van der Waals surface area contributed by atoms with Gasteiger partial charge in [-0.3, -0.25) is 4.79 Å². The lowest BCUT2D eigenvalue weighted by molar-refractivity contribution is -0.122. The number of hydrogen-bond donors (Lipinski definition) is 1. The highest BCUT2D eigenvalue weighted by molar-refractivity contribution is 5.81. The van der Waals surface area contributed by atoms with Crippen molar-refractivity contribution in [3.8, 4) is 0 Å². The molecular weight excluding hydrogens is 102 g/mol. The first-order valence-corrected chi connectivity index (χ1v) is 2.97. The molecule has 0 radical (unpaired) electrons. The lowest BCUT2D eigenvalue weighted by atomic mass is 10.3. The fourth-order valence-electron chi connectivity index (χ4n) is 0.873. The molecule has 1 aliphatic rings. The SMILES string of the molecule is CNC(=O)C1C[C@@H]1C. The molecule has 2 nitrogen and oxygen atoms in total. The zero-order valence-corrected chi connectivity index (χ0v) is 5.27. The summed E-state index contributed by atoms with van der Waals surface area (Å²) in [4.78, 5) is 10.7. The van der Waals surface area contributed by atoms with Crippen LogP contribution in [-0.2, 0) is 4.79 Å². The maximum atomic E-state index is 10.7. The number of hydrogen-bond acceptors (Lipinski definition) is 1. The first-order chi connectivity index (χ1) is 3.75. The highest BCUT2D eigenvalue weighted by atomic mass is 16.1. The van der Waals surface area contributed by atoms with Crippen molar-refractivity contribution in [2.75, 3.05) is 7.05 Å². The molecule has 0 heterocycles. The molecule has 1 amide bonds. The summed E-state index contributed by atoms with van der Waals surface area (Å²) < 4.78 is 0. The molecule has 1 saturated carbocycles. The minimum absolute atomic E-state index is 0.206. The predicted molar refractivity (Wildman–Crippen MR) is 31.3 cm³/mol. The van der Waals surface area contributed by atoms with Gasteiger partial charge in [0, 0.05) is 13.0 Å². The van der Waals surface area contributed by atoms with Gasteiger partial charge in [-0.25, -0.2) is 0 Å². The van der Waals surface area contributed by atoms with E-state index in [9.17, 15) is 4.79 Å². The fraction of sp³-hybridized carbons (Fsp3) is 0.833. The Labute approximate surface area is 49.3 Å². The first-order valence-electron chi connectivity index (χ1n) is 2.97. The number of carbonyl (C=O) groups is 1. The largest absolute Gasteiger partial charge is 0.359 e. The van der Waals surface area contributed by atoms with E-state index < -0.39 is 0 Å². The Hall–Kier alpha value is -0.530. The monoisotopic (exact) mass is 113 g/mol. The van der Waals surface area contributed by atoms with E-state index in [4.69, 9.17) is 0 Å². The summed E-state index contributed by atoms with van der Waals surface area (Å²) in [5.74, 6) is 1.17. The third-order valence-electron chi connectivity index (χ3n) is 1.69. The second-order valence-electron chi connectivity index (χ2n) is 2.43. The minimum atomic E-state index is 0.206. The first kappa shape index (κ1) is 5.60. The van der Waals surface area contributed by atoms with Crippen LogP contribution in [0.2, 0.25) is 0 Å². The van der Waals surface area contributed by atoms with E-state index in [1.807, 2.05) is 0 Å². The Balaban J connectivity index is 2.28. The molecule has 0 bridgehead atoms. The molecule has 0 aromatic carbocycles. The molecule has 2 atom stereocenters. The summed E-state index contributed by atoms with van der Waals surface area (Å²) >= 11 is 0. The van der Waals surface area contributed by atoms with Gasteiger partial charge < -0.3 is 5.32 Å². The topological polar surface area (TPSA) is 29.1 Å². The van der Waals surface area contributed by atoms with Gasteiger partial charge in [-0.2, -0.15) is 0 Å². The second-order valence-corrected chi connectivity index (χ2v) is 2.43. The molecule has 0 saturated heterocycles. The zero-order valence-electron chi connectivity index (χ0n) is 5.27. The van der Waals surface area contributed by atoms with Crippen molar-refractivity contribution < 1.29 is 4.79 Å². The van der Waals surface area contributed by atoms with Crippen molar-refractivity contribution in [3.63, 3.8) is 0 Å². The zero-order chi connectivity index (χ0) is 6.15. The molecule has 1 unspecified atom stereocenters. The highest BCUT2D eigenvalue weighted by Gasteiger charge is 2.38. The fourth-order valence-corrected chi connectivity index (χ4v) is 0.873. The molecule has 1 N–H and O–H groups in total. The van der Waals surface area contributed by atoms with E-state index in [2.05, 4.69) is 12.2 Å².